The van der Waals surface area contributed by atoms with Crippen molar-refractivity contribution in [3.8, 4) is 0 Å². The van der Waals surface area contributed by atoms with Crippen LogP contribution in [0.2, 0.25) is 0 Å². The standard InChI is InChI=1S/C18H37NO/c1-3-5-6-7-8-11-17(19-15-4-2)12-9-13-18-14-10-16-20-18/h17-19H,3-16H2,1-2H3. The molecule has 2 atom stereocenters. The molecule has 1 fully saturated rings. The summed E-state index contributed by atoms with van der Waals surface area (Å²) in [5, 5.41) is 3.74. The molecule has 1 aliphatic heterocycles. The van der Waals surface area contributed by atoms with Crippen LogP contribution < -0.4 is 5.32 Å². The molecule has 0 bridgehead atoms. The van der Waals surface area contributed by atoms with E-state index < -0.39 is 0 Å². The molecule has 0 aromatic rings. The first-order valence-electron chi connectivity index (χ1n) is 9.21. The van der Waals surface area contributed by atoms with E-state index >= 15 is 0 Å². The Kier molecular flexibility index (Phi) is 11.4. The monoisotopic (exact) mass is 283 g/mol. The third kappa shape index (κ3) is 8.97. The number of ether oxygens (including phenoxy) is 1. The Labute approximate surface area is 127 Å². The average Bonchev–Trinajstić information content (AvgIpc) is 2.97. The van der Waals surface area contributed by atoms with Crippen LogP contribution in [0.4, 0.5) is 0 Å². The molecule has 0 aliphatic carbocycles. The van der Waals surface area contributed by atoms with E-state index in [0.717, 1.165) is 12.6 Å². The summed E-state index contributed by atoms with van der Waals surface area (Å²) < 4.78 is 5.72. The lowest BCUT2D eigenvalue weighted by molar-refractivity contribution is 0.101. The van der Waals surface area contributed by atoms with Crippen molar-refractivity contribution in [3.05, 3.63) is 0 Å². The minimum Gasteiger partial charge on any atom is -0.378 e. The van der Waals surface area contributed by atoms with Gasteiger partial charge in [0.25, 0.3) is 0 Å². The van der Waals surface area contributed by atoms with Gasteiger partial charge in [0.1, 0.15) is 0 Å². The molecular weight excluding hydrogens is 246 g/mol. The highest BCUT2D eigenvalue weighted by Gasteiger charge is 2.16. The molecule has 20 heavy (non-hydrogen) atoms. The summed E-state index contributed by atoms with van der Waals surface area (Å²) in [6.45, 7) is 6.73. The SMILES string of the molecule is CCCCCCCC(CCCC1CCCO1)NCCC. The maximum absolute atomic E-state index is 5.72. The van der Waals surface area contributed by atoms with E-state index in [2.05, 4.69) is 19.2 Å². The lowest BCUT2D eigenvalue weighted by Crippen LogP contribution is -2.30. The van der Waals surface area contributed by atoms with Gasteiger partial charge in [0.15, 0.2) is 0 Å². The summed E-state index contributed by atoms with van der Waals surface area (Å²) in [4.78, 5) is 0. The van der Waals surface area contributed by atoms with Crippen molar-refractivity contribution < 1.29 is 4.74 Å². The topological polar surface area (TPSA) is 21.3 Å². The fraction of sp³-hybridized carbons (Fsp3) is 1.00. The maximum Gasteiger partial charge on any atom is 0.0576 e. The Bertz CT molecular complexity index is 202. The zero-order valence-corrected chi connectivity index (χ0v) is 14.0. The van der Waals surface area contributed by atoms with Crippen molar-refractivity contribution in [1.82, 2.24) is 5.32 Å². The van der Waals surface area contributed by atoms with Gasteiger partial charge in [-0.25, -0.2) is 0 Å². The molecule has 2 nitrogen and oxygen atoms in total. The molecule has 1 aliphatic rings. The molecule has 0 spiro atoms. The van der Waals surface area contributed by atoms with Gasteiger partial charge in [-0.05, 0) is 51.5 Å². The molecule has 1 saturated heterocycles. The van der Waals surface area contributed by atoms with E-state index in [0.29, 0.717) is 6.10 Å². The van der Waals surface area contributed by atoms with Gasteiger partial charge in [-0.15, -0.1) is 0 Å². The Morgan fingerprint density at radius 2 is 1.80 bits per heavy atom. The third-order valence-electron chi connectivity index (χ3n) is 4.44. The third-order valence-corrected chi connectivity index (χ3v) is 4.44. The van der Waals surface area contributed by atoms with Gasteiger partial charge in [0, 0.05) is 12.6 Å². The molecule has 1 N–H and O–H groups in total. The average molecular weight is 284 g/mol. The highest BCUT2D eigenvalue weighted by molar-refractivity contribution is 4.70. The van der Waals surface area contributed by atoms with Gasteiger partial charge in [0.05, 0.1) is 6.10 Å². The van der Waals surface area contributed by atoms with Crippen LogP contribution in [-0.2, 0) is 4.74 Å². The van der Waals surface area contributed by atoms with E-state index in [4.69, 9.17) is 4.74 Å². The fourth-order valence-corrected chi connectivity index (χ4v) is 3.16. The van der Waals surface area contributed by atoms with Gasteiger partial charge in [-0.2, -0.15) is 0 Å². The number of rotatable bonds is 13. The van der Waals surface area contributed by atoms with Crippen molar-refractivity contribution >= 4 is 0 Å². The van der Waals surface area contributed by atoms with Gasteiger partial charge >= 0.3 is 0 Å². The smallest absolute Gasteiger partial charge is 0.0576 e. The summed E-state index contributed by atoms with van der Waals surface area (Å²) in [7, 11) is 0. The summed E-state index contributed by atoms with van der Waals surface area (Å²) in [6, 6.07) is 0.748. The zero-order chi connectivity index (χ0) is 14.5. The Morgan fingerprint density at radius 1 is 1.00 bits per heavy atom. The van der Waals surface area contributed by atoms with Crippen molar-refractivity contribution in [3.63, 3.8) is 0 Å². The molecule has 1 heterocycles. The Morgan fingerprint density at radius 3 is 2.50 bits per heavy atom. The first-order valence-corrected chi connectivity index (χ1v) is 9.21. The van der Waals surface area contributed by atoms with Crippen LogP contribution >= 0.6 is 0 Å². The van der Waals surface area contributed by atoms with E-state index in [1.807, 2.05) is 0 Å². The second-order valence-corrected chi connectivity index (χ2v) is 6.42. The lowest BCUT2D eigenvalue weighted by atomic mass is 10.00. The second-order valence-electron chi connectivity index (χ2n) is 6.42. The number of hydrogen-bond acceptors (Lipinski definition) is 2. The predicted octanol–water partition coefficient (Wildman–Crippen LogP) is 5.06. The summed E-state index contributed by atoms with van der Waals surface area (Å²) >= 11 is 0. The van der Waals surface area contributed by atoms with E-state index in [-0.39, 0.29) is 0 Å². The number of unbranched alkanes of at least 4 members (excludes halogenated alkanes) is 4. The molecular formula is C18H37NO. The van der Waals surface area contributed by atoms with Crippen molar-refractivity contribution in [2.45, 2.75) is 103 Å². The highest BCUT2D eigenvalue weighted by Crippen LogP contribution is 2.19. The molecule has 120 valence electrons. The van der Waals surface area contributed by atoms with Crippen LogP contribution in [0.1, 0.15) is 90.9 Å². The summed E-state index contributed by atoms with van der Waals surface area (Å²) in [5.41, 5.74) is 0. The molecule has 0 aromatic heterocycles. The first-order chi connectivity index (χ1) is 9.86. The summed E-state index contributed by atoms with van der Waals surface area (Å²) in [6.07, 6.45) is 16.7. The quantitative estimate of drug-likeness (QED) is 0.477. The van der Waals surface area contributed by atoms with E-state index in [9.17, 15) is 0 Å². The molecule has 2 heteroatoms. The van der Waals surface area contributed by atoms with Crippen LogP contribution in [0.15, 0.2) is 0 Å². The molecule has 0 radical (unpaired) electrons. The van der Waals surface area contributed by atoms with Crippen LogP contribution in [0, 0.1) is 0 Å². The van der Waals surface area contributed by atoms with Crippen LogP contribution in [-0.4, -0.2) is 25.3 Å². The zero-order valence-electron chi connectivity index (χ0n) is 14.0. The van der Waals surface area contributed by atoms with Gasteiger partial charge in [0.2, 0.25) is 0 Å². The van der Waals surface area contributed by atoms with Crippen molar-refractivity contribution in [2.24, 2.45) is 0 Å². The van der Waals surface area contributed by atoms with Gasteiger partial charge < -0.3 is 10.1 Å². The normalized spacial score (nSPS) is 20.4. The van der Waals surface area contributed by atoms with Gasteiger partial charge in [-0.1, -0.05) is 46.0 Å². The molecule has 2 unspecified atom stereocenters. The predicted molar refractivity (Wildman–Crippen MR) is 88.3 cm³/mol. The Balaban J connectivity index is 2.07. The number of hydrogen-bond donors (Lipinski definition) is 1. The van der Waals surface area contributed by atoms with Crippen molar-refractivity contribution in [2.75, 3.05) is 13.2 Å². The lowest BCUT2D eigenvalue weighted by Gasteiger charge is -2.19. The molecule has 0 aromatic carbocycles. The second kappa shape index (κ2) is 12.6. The minimum absolute atomic E-state index is 0.575. The van der Waals surface area contributed by atoms with Crippen LogP contribution in [0.5, 0.6) is 0 Å². The van der Waals surface area contributed by atoms with Gasteiger partial charge in [-0.3, -0.25) is 0 Å². The Hall–Kier alpha value is -0.0800. The summed E-state index contributed by atoms with van der Waals surface area (Å²) in [5.74, 6) is 0. The minimum atomic E-state index is 0.575. The maximum atomic E-state index is 5.72. The van der Waals surface area contributed by atoms with Crippen LogP contribution in [0.3, 0.4) is 0 Å². The largest absolute Gasteiger partial charge is 0.378 e. The van der Waals surface area contributed by atoms with Crippen LogP contribution in [0.25, 0.3) is 0 Å². The molecule has 0 saturated carbocycles. The van der Waals surface area contributed by atoms with Crippen molar-refractivity contribution in [1.29, 1.82) is 0 Å². The number of nitrogens with one attached hydrogen (secondary N) is 1. The van der Waals surface area contributed by atoms with E-state index in [1.54, 1.807) is 0 Å². The van der Waals surface area contributed by atoms with E-state index in [1.165, 1.54) is 83.6 Å². The first kappa shape index (κ1) is 18.0. The fourth-order valence-electron chi connectivity index (χ4n) is 3.16. The molecule has 1 rings (SSSR count). The molecule has 0 amide bonds. The highest BCUT2D eigenvalue weighted by atomic mass is 16.5.